The zero-order valence-electron chi connectivity index (χ0n) is 15.3. The number of hydrogen-bond donors (Lipinski definition) is 0. The highest BCUT2D eigenvalue weighted by molar-refractivity contribution is 9.10. The fourth-order valence-electron chi connectivity index (χ4n) is 2.42. The monoisotopic (exact) mass is 524 g/mol. The summed E-state index contributed by atoms with van der Waals surface area (Å²) in [4.78, 5) is 11.7. The van der Waals surface area contributed by atoms with Crippen LogP contribution in [0.15, 0.2) is 33.6 Å². The molecule has 0 radical (unpaired) electrons. The molecule has 2 heterocycles. The Hall–Kier alpha value is -2.32. The van der Waals surface area contributed by atoms with Crippen molar-refractivity contribution in [1.29, 1.82) is 0 Å². The Kier molecular flexibility index (Phi) is 6.02. The second-order valence-electron chi connectivity index (χ2n) is 5.96. The highest BCUT2D eigenvalue weighted by Gasteiger charge is 2.39. The van der Waals surface area contributed by atoms with E-state index in [1.165, 1.54) is 18.2 Å². The molecule has 0 saturated carbocycles. The fraction of sp³-hybridized carbons (Fsp3) is 0.250. The molecule has 0 unspecified atom stereocenters. The number of ether oxygens (including phenoxy) is 1. The number of aromatic nitrogens is 4. The predicted molar refractivity (Wildman–Crippen MR) is 104 cm³/mol. The molecule has 0 amide bonds. The lowest BCUT2D eigenvalue weighted by Crippen LogP contribution is -2.15. The van der Waals surface area contributed by atoms with Gasteiger partial charge in [0.2, 0.25) is 0 Å². The molecule has 0 N–H and O–H groups in total. The molecule has 8 nitrogen and oxygen atoms in total. The Bertz CT molecular complexity index is 1220. The summed E-state index contributed by atoms with van der Waals surface area (Å²) in [7, 11) is -2.36. The second kappa shape index (κ2) is 8.07. The van der Waals surface area contributed by atoms with E-state index in [9.17, 15) is 26.4 Å². The van der Waals surface area contributed by atoms with Crippen molar-refractivity contribution in [2.45, 2.75) is 17.6 Å². The largest absolute Gasteiger partial charge is 0.468 e. The van der Waals surface area contributed by atoms with Gasteiger partial charge < -0.3 is 4.74 Å². The van der Waals surface area contributed by atoms with E-state index in [4.69, 9.17) is 0 Å². The van der Waals surface area contributed by atoms with Crippen LogP contribution in [0.5, 0.6) is 0 Å². The average Bonchev–Trinajstić information content (AvgIpc) is 3.25. The Morgan fingerprint density at radius 2 is 1.93 bits per heavy atom. The van der Waals surface area contributed by atoms with Gasteiger partial charge in [-0.25, -0.2) is 13.1 Å². The number of benzene rings is 1. The zero-order valence-corrected chi connectivity index (χ0v) is 18.5. The second-order valence-corrected chi connectivity index (χ2v) is 9.74. The van der Waals surface area contributed by atoms with Crippen molar-refractivity contribution < 1.29 is 31.1 Å². The van der Waals surface area contributed by atoms with Gasteiger partial charge in [0.1, 0.15) is 17.2 Å². The van der Waals surface area contributed by atoms with Crippen LogP contribution in [0.4, 0.5) is 13.2 Å². The first kappa shape index (κ1) is 22.4. The van der Waals surface area contributed by atoms with Gasteiger partial charge in [-0.1, -0.05) is 23.5 Å². The topological polar surface area (TPSA) is 104 Å². The molecule has 0 aliphatic carbocycles. The molecule has 160 valence electrons. The highest BCUT2D eigenvalue weighted by atomic mass is 79.9. The van der Waals surface area contributed by atoms with Crippen LogP contribution in [0.1, 0.15) is 5.69 Å². The third-order valence-electron chi connectivity index (χ3n) is 3.81. The number of rotatable bonds is 5. The van der Waals surface area contributed by atoms with E-state index in [1.54, 1.807) is 6.07 Å². The average molecular weight is 525 g/mol. The lowest BCUT2D eigenvalue weighted by Gasteiger charge is -2.03. The number of carbonyl (C=O) groups excluding carboxylic acids is 1. The van der Waals surface area contributed by atoms with Crippen molar-refractivity contribution in [3.8, 4) is 21.3 Å². The van der Waals surface area contributed by atoms with E-state index in [2.05, 4.69) is 36.0 Å². The molecule has 30 heavy (non-hydrogen) atoms. The summed E-state index contributed by atoms with van der Waals surface area (Å²) in [6.45, 7) is -0.570. The molecule has 1 aromatic carbocycles. The summed E-state index contributed by atoms with van der Waals surface area (Å²) in [6.07, 6.45) is -3.72. The predicted octanol–water partition coefficient (Wildman–Crippen LogP) is 3.43. The van der Waals surface area contributed by atoms with Gasteiger partial charge >= 0.3 is 12.1 Å². The Balaban J connectivity index is 2.11. The van der Waals surface area contributed by atoms with Crippen molar-refractivity contribution in [3.63, 3.8) is 0 Å². The minimum absolute atomic E-state index is 0.0496. The third-order valence-corrected chi connectivity index (χ3v) is 6.65. The molecule has 0 atom stereocenters. The van der Waals surface area contributed by atoms with Crippen molar-refractivity contribution in [1.82, 2.24) is 20.0 Å². The van der Waals surface area contributed by atoms with E-state index in [0.717, 1.165) is 29.4 Å². The number of halogens is 4. The molecule has 0 fully saturated rings. The van der Waals surface area contributed by atoms with Gasteiger partial charge in [-0.15, -0.1) is 10.2 Å². The van der Waals surface area contributed by atoms with Gasteiger partial charge in [0.05, 0.1) is 16.5 Å². The van der Waals surface area contributed by atoms with Gasteiger partial charge in [-0.3, -0.25) is 4.79 Å². The van der Waals surface area contributed by atoms with Gasteiger partial charge in [-0.05, 0) is 28.1 Å². The molecule has 0 aliphatic rings. The Morgan fingerprint density at radius 1 is 1.27 bits per heavy atom. The maximum atomic E-state index is 13.3. The Morgan fingerprint density at radius 3 is 2.53 bits per heavy atom. The number of carbonyl (C=O) groups is 1. The molecule has 0 bridgehead atoms. The van der Waals surface area contributed by atoms with Gasteiger partial charge in [-0.2, -0.15) is 18.3 Å². The van der Waals surface area contributed by atoms with Crippen molar-refractivity contribution >= 4 is 43.1 Å². The van der Waals surface area contributed by atoms with Gasteiger partial charge in [0.15, 0.2) is 20.5 Å². The van der Waals surface area contributed by atoms with Crippen LogP contribution >= 0.6 is 27.3 Å². The molecule has 0 saturated heterocycles. The number of esters is 1. The highest BCUT2D eigenvalue weighted by Crippen LogP contribution is 2.41. The summed E-state index contributed by atoms with van der Waals surface area (Å²) < 4.78 is 68.3. The summed E-state index contributed by atoms with van der Waals surface area (Å²) in [5, 5.41) is 11.7. The quantitative estimate of drug-likeness (QED) is 0.471. The summed E-state index contributed by atoms with van der Waals surface area (Å²) in [5.74, 6) is -0.800. The normalized spacial score (nSPS) is 12.2. The van der Waals surface area contributed by atoms with Crippen LogP contribution in [0, 0.1) is 0 Å². The first-order chi connectivity index (χ1) is 13.9. The maximum Gasteiger partial charge on any atom is 0.436 e. The lowest BCUT2D eigenvalue weighted by molar-refractivity contribution is -0.144. The SMILES string of the molecule is COC(=O)Cn1nc(C(F)(F)F)c(Br)c1-c1nnc(-c2cccc(S(C)(=O)=O)c2)s1. The molecule has 0 spiro atoms. The maximum absolute atomic E-state index is 13.3. The minimum Gasteiger partial charge on any atom is -0.468 e. The molecular formula is C16H12BrF3N4O4S2. The first-order valence-electron chi connectivity index (χ1n) is 7.96. The fourth-order valence-corrected chi connectivity index (χ4v) is 4.81. The van der Waals surface area contributed by atoms with Crippen molar-refractivity contribution in [3.05, 3.63) is 34.4 Å². The van der Waals surface area contributed by atoms with Gasteiger partial charge in [0.25, 0.3) is 0 Å². The van der Waals surface area contributed by atoms with Gasteiger partial charge in [0, 0.05) is 11.8 Å². The smallest absolute Gasteiger partial charge is 0.436 e. The van der Waals surface area contributed by atoms with Crippen LogP contribution in [0.25, 0.3) is 21.3 Å². The minimum atomic E-state index is -4.77. The lowest BCUT2D eigenvalue weighted by atomic mass is 10.2. The first-order valence-corrected chi connectivity index (χ1v) is 11.5. The number of nitrogens with zero attached hydrogens (tertiary/aromatic N) is 4. The van der Waals surface area contributed by atoms with E-state index >= 15 is 0 Å². The molecule has 3 rings (SSSR count). The summed E-state index contributed by atoms with van der Waals surface area (Å²) in [6, 6.07) is 5.92. The number of methoxy groups -OCH3 is 1. The standard InChI is InChI=1S/C16H12BrF3N4O4S2/c1-28-10(25)7-24-12(11(17)13(23-24)16(18,19)20)15-22-21-14(29-15)8-4-3-5-9(6-8)30(2,26)27/h3-6H,7H2,1-2H3. The summed E-state index contributed by atoms with van der Waals surface area (Å²) in [5.41, 5.74) is -0.902. The van der Waals surface area contributed by atoms with Crippen molar-refractivity contribution in [2.24, 2.45) is 0 Å². The van der Waals surface area contributed by atoms with E-state index in [-0.39, 0.29) is 20.6 Å². The summed E-state index contributed by atoms with van der Waals surface area (Å²) >= 11 is 3.81. The number of alkyl halides is 3. The molecule has 0 aliphatic heterocycles. The molecular weight excluding hydrogens is 513 g/mol. The van der Waals surface area contributed by atoms with Crippen LogP contribution < -0.4 is 0 Å². The third kappa shape index (κ3) is 4.54. The van der Waals surface area contributed by atoms with E-state index in [1.807, 2.05) is 0 Å². The van der Waals surface area contributed by atoms with Crippen LogP contribution in [0.2, 0.25) is 0 Å². The number of hydrogen-bond acceptors (Lipinski definition) is 8. The molecule has 2 aromatic heterocycles. The number of sulfone groups is 1. The Labute approximate surface area is 180 Å². The van der Waals surface area contributed by atoms with E-state index < -0.39 is 38.7 Å². The van der Waals surface area contributed by atoms with Crippen LogP contribution in [-0.2, 0) is 32.1 Å². The molecule has 3 aromatic rings. The molecule has 14 heteroatoms. The van der Waals surface area contributed by atoms with Crippen LogP contribution in [-0.4, -0.2) is 47.7 Å². The van der Waals surface area contributed by atoms with Crippen LogP contribution in [0.3, 0.4) is 0 Å². The van der Waals surface area contributed by atoms with E-state index in [0.29, 0.717) is 5.56 Å². The zero-order chi connectivity index (χ0) is 22.3. The van der Waals surface area contributed by atoms with Crippen molar-refractivity contribution in [2.75, 3.05) is 13.4 Å².